The Labute approximate surface area is 117 Å². The highest BCUT2D eigenvalue weighted by molar-refractivity contribution is 5.10. The first-order valence-corrected chi connectivity index (χ1v) is 6.84. The summed E-state index contributed by atoms with van der Waals surface area (Å²) in [6.45, 7) is 1.40. The molecule has 0 aliphatic carbocycles. The molecule has 0 spiro atoms. The summed E-state index contributed by atoms with van der Waals surface area (Å²) in [5, 5.41) is 7.34. The van der Waals surface area contributed by atoms with Gasteiger partial charge in [0.1, 0.15) is 0 Å². The lowest BCUT2D eigenvalue weighted by Crippen LogP contribution is -2.39. The van der Waals surface area contributed by atoms with Crippen molar-refractivity contribution in [3.05, 3.63) is 41.8 Å². The number of likely N-dealkylation sites (N-methyl/N-ethyl adjacent to an activating group) is 1. The molecule has 2 unspecified atom stereocenters. The molecule has 20 heavy (non-hydrogen) atoms. The first-order chi connectivity index (χ1) is 9.86. The van der Waals surface area contributed by atoms with E-state index in [-0.39, 0.29) is 5.92 Å². The molecule has 0 radical (unpaired) electrons. The third-order valence-corrected chi connectivity index (χ3v) is 3.59. The molecule has 0 aromatic carbocycles. The number of pyridine rings is 1. The van der Waals surface area contributed by atoms with Crippen molar-refractivity contribution in [3.8, 4) is 0 Å². The van der Waals surface area contributed by atoms with Crippen LogP contribution in [0.15, 0.2) is 28.9 Å². The average molecular weight is 274 g/mol. The molecule has 2 atom stereocenters. The first kappa shape index (κ1) is 13.2. The van der Waals surface area contributed by atoms with Crippen LogP contribution < -0.4 is 5.32 Å². The van der Waals surface area contributed by atoms with Crippen molar-refractivity contribution in [2.75, 3.05) is 20.3 Å². The van der Waals surface area contributed by atoms with Crippen LogP contribution >= 0.6 is 0 Å². The van der Waals surface area contributed by atoms with Crippen LogP contribution in [-0.2, 0) is 11.2 Å². The quantitative estimate of drug-likeness (QED) is 0.901. The molecule has 1 aliphatic rings. The summed E-state index contributed by atoms with van der Waals surface area (Å²) in [6, 6.07) is 6.12. The highest BCUT2D eigenvalue weighted by Gasteiger charge is 2.30. The molecular weight excluding hydrogens is 256 g/mol. The smallest absolute Gasteiger partial charge is 0.233 e. The maximum Gasteiger partial charge on any atom is 0.233 e. The fourth-order valence-corrected chi connectivity index (χ4v) is 2.48. The topological polar surface area (TPSA) is 73.1 Å². The van der Waals surface area contributed by atoms with E-state index in [9.17, 15) is 0 Å². The number of aromatic nitrogens is 3. The predicted molar refractivity (Wildman–Crippen MR) is 72.4 cm³/mol. The van der Waals surface area contributed by atoms with Gasteiger partial charge in [-0.3, -0.25) is 4.98 Å². The zero-order valence-electron chi connectivity index (χ0n) is 11.5. The van der Waals surface area contributed by atoms with Crippen molar-refractivity contribution in [2.45, 2.75) is 24.8 Å². The molecular formula is C14H18N4O2. The van der Waals surface area contributed by atoms with E-state index in [1.807, 2.05) is 25.2 Å². The minimum atomic E-state index is 0.124. The number of nitrogens with zero attached hydrogens (tertiary/aromatic N) is 3. The highest BCUT2D eigenvalue weighted by Crippen LogP contribution is 2.24. The van der Waals surface area contributed by atoms with E-state index in [0.29, 0.717) is 30.8 Å². The predicted octanol–water partition coefficient (Wildman–Crippen LogP) is 1.15. The molecule has 6 heteroatoms. The lowest BCUT2D eigenvalue weighted by Gasteiger charge is -2.28. The van der Waals surface area contributed by atoms with Crippen LogP contribution in [0.4, 0.5) is 0 Å². The van der Waals surface area contributed by atoms with Gasteiger partial charge in [-0.05, 0) is 25.6 Å². The molecule has 0 amide bonds. The molecule has 106 valence electrons. The van der Waals surface area contributed by atoms with Crippen molar-refractivity contribution < 1.29 is 9.26 Å². The Morgan fingerprint density at radius 3 is 3.15 bits per heavy atom. The second kappa shape index (κ2) is 6.11. The number of rotatable bonds is 4. The summed E-state index contributed by atoms with van der Waals surface area (Å²) < 4.78 is 10.9. The van der Waals surface area contributed by atoms with Crippen LogP contribution in [-0.4, -0.2) is 41.4 Å². The maximum absolute atomic E-state index is 5.52. The lowest BCUT2D eigenvalue weighted by atomic mass is 9.96. The first-order valence-electron chi connectivity index (χ1n) is 6.84. The molecule has 0 saturated carbocycles. The van der Waals surface area contributed by atoms with Gasteiger partial charge in [0, 0.05) is 24.5 Å². The van der Waals surface area contributed by atoms with Crippen molar-refractivity contribution in [1.82, 2.24) is 20.4 Å². The second-order valence-corrected chi connectivity index (χ2v) is 4.91. The molecule has 1 N–H and O–H groups in total. The van der Waals surface area contributed by atoms with Crippen molar-refractivity contribution in [1.29, 1.82) is 0 Å². The van der Waals surface area contributed by atoms with Gasteiger partial charge in [-0.25, -0.2) is 0 Å². The van der Waals surface area contributed by atoms with Crippen molar-refractivity contribution >= 4 is 0 Å². The molecule has 1 saturated heterocycles. The summed E-state index contributed by atoms with van der Waals surface area (Å²) in [4.78, 5) is 8.76. The van der Waals surface area contributed by atoms with Gasteiger partial charge in [0.25, 0.3) is 0 Å². The molecule has 1 fully saturated rings. The van der Waals surface area contributed by atoms with Gasteiger partial charge >= 0.3 is 0 Å². The Balaban J connectivity index is 1.73. The van der Waals surface area contributed by atoms with Crippen LogP contribution in [0.2, 0.25) is 0 Å². The van der Waals surface area contributed by atoms with E-state index >= 15 is 0 Å². The van der Waals surface area contributed by atoms with Crippen molar-refractivity contribution in [3.63, 3.8) is 0 Å². The third-order valence-electron chi connectivity index (χ3n) is 3.59. The normalized spacial score (nSPS) is 22.9. The summed E-state index contributed by atoms with van der Waals surface area (Å²) in [7, 11) is 1.95. The molecule has 3 heterocycles. The SMILES string of the molecule is CNC1CCOCC1c1nc(Cc2ccccn2)no1. The number of hydrogen-bond donors (Lipinski definition) is 1. The van der Waals surface area contributed by atoms with Gasteiger partial charge in [-0.15, -0.1) is 0 Å². The van der Waals surface area contributed by atoms with Gasteiger partial charge < -0.3 is 14.6 Å². The molecule has 6 nitrogen and oxygen atoms in total. The summed E-state index contributed by atoms with van der Waals surface area (Å²) >= 11 is 0. The minimum Gasteiger partial charge on any atom is -0.381 e. The largest absolute Gasteiger partial charge is 0.381 e. The van der Waals surface area contributed by atoms with E-state index in [0.717, 1.165) is 18.7 Å². The monoisotopic (exact) mass is 274 g/mol. The Hall–Kier alpha value is -1.79. The van der Waals surface area contributed by atoms with Gasteiger partial charge in [0.15, 0.2) is 5.82 Å². The summed E-state index contributed by atoms with van der Waals surface area (Å²) in [5.74, 6) is 1.44. The van der Waals surface area contributed by atoms with Gasteiger partial charge in [-0.1, -0.05) is 11.2 Å². The standard InChI is InChI=1S/C14H18N4O2/c1-15-12-5-7-19-9-11(12)14-17-13(18-20-14)8-10-4-2-3-6-16-10/h2-4,6,11-12,15H,5,7-9H2,1H3. The number of nitrogens with one attached hydrogen (secondary N) is 1. The van der Waals surface area contributed by atoms with E-state index in [4.69, 9.17) is 9.26 Å². The average Bonchev–Trinajstić information content (AvgIpc) is 2.96. The van der Waals surface area contributed by atoms with Crippen LogP contribution in [0.25, 0.3) is 0 Å². The zero-order chi connectivity index (χ0) is 13.8. The van der Waals surface area contributed by atoms with Gasteiger partial charge in [-0.2, -0.15) is 4.98 Å². The zero-order valence-corrected chi connectivity index (χ0v) is 11.5. The van der Waals surface area contributed by atoms with Crippen LogP contribution in [0.5, 0.6) is 0 Å². The second-order valence-electron chi connectivity index (χ2n) is 4.91. The number of hydrogen-bond acceptors (Lipinski definition) is 6. The Bertz CT molecular complexity index is 543. The maximum atomic E-state index is 5.52. The Kier molecular flexibility index (Phi) is 4.03. The fourth-order valence-electron chi connectivity index (χ4n) is 2.48. The van der Waals surface area contributed by atoms with Crippen LogP contribution in [0.1, 0.15) is 29.7 Å². The van der Waals surface area contributed by atoms with E-state index < -0.39 is 0 Å². The lowest BCUT2D eigenvalue weighted by molar-refractivity contribution is 0.0516. The molecule has 0 bridgehead atoms. The molecule has 2 aromatic rings. The Morgan fingerprint density at radius 2 is 2.35 bits per heavy atom. The molecule has 3 rings (SSSR count). The van der Waals surface area contributed by atoms with E-state index in [1.54, 1.807) is 6.20 Å². The van der Waals surface area contributed by atoms with Gasteiger partial charge in [0.05, 0.1) is 18.9 Å². The number of ether oxygens (including phenoxy) is 1. The van der Waals surface area contributed by atoms with Gasteiger partial charge in [0.2, 0.25) is 5.89 Å². The third kappa shape index (κ3) is 2.86. The highest BCUT2D eigenvalue weighted by atomic mass is 16.5. The summed E-state index contributed by atoms with van der Waals surface area (Å²) in [6.07, 6.45) is 3.31. The van der Waals surface area contributed by atoms with Crippen molar-refractivity contribution in [2.24, 2.45) is 0 Å². The van der Waals surface area contributed by atoms with Crippen LogP contribution in [0.3, 0.4) is 0 Å². The van der Waals surface area contributed by atoms with E-state index in [1.165, 1.54) is 0 Å². The van der Waals surface area contributed by atoms with Crippen LogP contribution in [0, 0.1) is 0 Å². The van der Waals surface area contributed by atoms with E-state index in [2.05, 4.69) is 20.4 Å². The summed E-state index contributed by atoms with van der Waals surface area (Å²) in [5.41, 5.74) is 0.935. The minimum absolute atomic E-state index is 0.124. The molecule has 2 aromatic heterocycles. The fraction of sp³-hybridized carbons (Fsp3) is 0.500. The molecule has 1 aliphatic heterocycles. The Morgan fingerprint density at radius 1 is 1.40 bits per heavy atom.